The van der Waals surface area contributed by atoms with Crippen LogP contribution in [0.15, 0.2) is 41.8 Å². The van der Waals surface area contributed by atoms with E-state index in [1.54, 1.807) is 35.4 Å². The summed E-state index contributed by atoms with van der Waals surface area (Å²) in [6.45, 7) is 2.00. The van der Waals surface area contributed by atoms with E-state index in [9.17, 15) is 9.59 Å². The van der Waals surface area contributed by atoms with Crippen LogP contribution >= 0.6 is 11.3 Å². The van der Waals surface area contributed by atoms with Gasteiger partial charge in [0.1, 0.15) is 0 Å². The zero-order chi connectivity index (χ0) is 15.4. The Bertz CT molecular complexity index is 619. The minimum absolute atomic E-state index is 0.0129. The van der Waals surface area contributed by atoms with Gasteiger partial charge in [0.25, 0.3) is 0 Å². The zero-order valence-corrected chi connectivity index (χ0v) is 12.8. The second-order valence-electron chi connectivity index (χ2n) is 4.87. The maximum Gasteiger partial charge on any atom is 0.335 e. The summed E-state index contributed by atoms with van der Waals surface area (Å²) in [5.41, 5.74) is 1.04. The molecule has 1 amide bonds. The van der Waals surface area contributed by atoms with Crippen molar-refractivity contribution in [1.29, 1.82) is 0 Å². The topological polar surface area (TPSA) is 57.6 Å². The van der Waals surface area contributed by atoms with Crippen molar-refractivity contribution in [2.45, 2.75) is 19.4 Å². The molecule has 0 spiro atoms. The number of carbonyl (C=O) groups excluding carboxylic acids is 1. The van der Waals surface area contributed by atoms with Gasteiger partial charge in [-0.15, -0.1) is 11.3 Å². The van der Waals surface area contributed by atoms with Crippen molar-refractivity contribution >= 4 is 23.2 Å². The van der Waals surface area contributed by atoms with Gasteiger partial charge in [0.2, 0.25) is 5.91 Å². The van der Waals surface area contributed by atoms with Crippen molar-refractivity contribution in [3.8, 4) is 0 Å². The molecular weight excluding hydrogens is 286 g/mol. The van der Waals surface area contributed by atoms with Crippen LogP contribution in [0.4, 0.5) is 0 Å². The van der Waals surface area contributed by atoms with Crippen molar-refractivity contribution in [2.75, 3.05) is 7.05 Å². The first-order valence-electron chi connectivity index (χ1n) is 6.60. The van der Waals surface area contributed by atoms with Crippen LogP contribution in [0.5, 0.6) is 0 Å². The third kappa shape index (κ3) is 3.70. The second-order valence-corrected chi connectivity index (χ2v) is 5.85. The molecule has 5 heteroatoms. The van der Waals surface area contributed by atoms with Crippen LogP contribution in [0.1, 0.15) is 33.8 Å². The molecule has 2 aromatic rings. The van der Waals surface area contributed by atoms with Crippen LogP contribution in [0.2, 0.25) is 0 Å². The van der Waals surface area contributed by atoms with Crippen molar-refractivity contribution in [1.82, 2.24) is 4.90 Å². The normalized spacial score (nSPS) is 11.9. The summed E-state index contributed by atoms with van der Waals surface area (Å²) in [6.07, 6.45) is 0.270. The summed E-state index contributed by atoms with van der Waals surface area (Å²) in [5.74, 6) is -0.949. The first-order chi connectivity index (χ1) is 9.99. The smallest absolute Gasteiger partial charge is 0.335 e. The number of amides is 1. The van der Waals surface area contributed by atoms with Gasteiger partial charge in [-0.05, 0) is 36.1 Å². The Labute approximate surface area is 127 Å². The highest BCUT2D eigenvalue weighted by atomic mass is 32.1. The molecule has 0 saturated heterocycles. The summed E-state index contributed by atoms with van der Waals surface area (Å²) in [4.78, 5) is 25.9. The van der Waals surface area contributed by atoms with E-state index in [0.717, 1.165) is 10.4 Å². The van der Waals surface area contributed by atoms with Gasteiger partial charge in [0, 0.05) is 11.9 Å². The van der Waals surface area contributed by atoms with E-state index in [0.29, 0.717) is 0 Å². The minimum atomic E-state index is -0.962. The molecule has 0 aliphatic carbocycles. The lowest BCUT2D eigenvalue weighted by atomic mass is 10.1. The average molecular weight is 303 g/mol. The zero-order valence-electron chi connectivity index (χ0n) is 11.9. The molecule has 0 aliphatic heterocycles. The molecule has 0 radical (unpaired) electrons. The number of rotatable bonds is 5. The van der Waals surface area contributed by atoms with E-state index < -0.39 is 5.97 Å². The fourth-order valence-corrected chi connectivity index (χ4v) is 2.83. The Morgan fingerprint density at radius 1 is 1.24 bits per heavy atom. The number of carbonyl (C=O) groups is 2. The minimum Gasteiger partial charge on any atom is -0.478 e. The monoisotopic (exact) mass is 303 g/mol. The lowest BCUT2D eigenvalue weighted by Crippen LogP contribution is -2.30. The van der Waals surface area contributed by atoms with Crippen LogP contribution in [-0.2, 0) is 11.2 Å². The number of likely N-dealkylation sites (N-methyl/N-ethyl adjacent to an activating group) is 1. The van der Waals surface area contributed by atoms with Crippen LogP contribution in [0.25, 0.3) is 0 Å². The number of hydrogen-bond donors (Lipinski definition) is 1. The predicted molar refractivity (Wildman–Crippen MR) is 82.6 cm³/mol. The predicted octanol–water partition coefficient (Wildman–Crippen LogP) is 3.21. The molecule has 0 saturated carbocycles. The molecular formula is C16H17NO3S. The van der Waals surface area contributed by atoms with E-state index in [1.807, 2.05) is 24.4 Å². The average Bonchev–Trinajstić information content (AvgIpc) is 3.00. The highest BCUT2D eigenvalue weighted by Gasteiger charge is 2.18. The number of carboxylic acid groups (broad SMARTS) is 1. The third-order valence-electron chi connectivity index (χ3n) is 3.49. The molecule has 4 nitrogen and oxygen atoms in total. The molecule has 1 atom stereocenters. The number of aromatic carboxylic acids is 1. The fourth-order valence-electron chi connectivity index (χ4n) is 2.00. The summed E-state index contributed by atoms with van der Waals surface area (Å²) in [6, 6.07) is 10.4. The van der Waals surface area contributed by atoms with E-state index in [4.69, 9.17) is 5.11 Å². The Morgan fingerprint density at radius 2 is 1.90 bits per heavy atom. The lowest BCUT2D eigenvalue weighted by molar-refractivity contribution is -0.131. The highest BCUT2D eigenvalue weighted by Crippen LogP contribution is 2.23. The molecule has 21 heavy (non-hydrogen) atoms. The van der Waals surface area contributed by atoms with Crippen molar-refractivity contribution in [3.63, 3.8) is 0 Å². The van der Waals surface area contributed by atoms with E-state index >= 15 is 0 Å². The molecule has 1 aromatic carbocycles. The molecule has 1 N–H and O–H groups in total. The van der Waals surface area contributed by atoms with Crippen LogP contribution in [0, 0.1) is 0 Å². The van der Waals surface area contributed by atoms with Gasteiger partial charge in [0.15, 0.2) is 0 Å². The van der Waals surface area contributed by atoms with E-state index in [-0.39, 0.29) is 23.9 Å². The summed E-state index contributed by atoms with van der Waals surface area (Å²) in [5, 5.41) is 10.8. The van der Waals surface area contributed by atoms with E-state index in [2.05, 4.69) is 0 Å². The van der Waals surface area contributed by atoms with Gasteiger partial charge in [-0.25, -0.2) is 4.79 Å². The van der Waals surface area contributed by atoms with E-state index in [1.165, 1.54) is 12.1 Å². The number of nitrogens with zero attached hydrogens (tertiary/aromatic N) is 1. The van der Waals surface area contributed by atoms with Gasteiger partial charge in [-0.1, -0.05) is 18.2 Å². The van der Waals surface area contributed by atoms with Crippen LogP contribution < -0.4 is 0 Å². The van der Waals surface area contributed by atoms with Crippen molar-refractivity contribution in [2.24, 2.45) is 0 Å². The molecule has 0 bridgehead atoms. The van der Waals surface area contributed by atoms with Gasteiger partial charge in [-0.3, -0.25) is 4.79 Å². The Kier molecular flexibility index (Phi) is 4.75. The summed E-state index contributed by atoms with van der Waals surface area (Å²) in [7, 11) is 1.79. The first-order valence-corrected chi connectivity index (χ1v) is 7.48. The van der Waals surface area contributed by atoms with Gasteiger partial charge >= 0.3 is 5.97 Å². The quantitative estimate of drug-likeness (QED) is 0.922. The molecule has 110 valence electrons. The molecule has 0 fully saturated rings. The van der Waals surface area contributed by atoms with Gasteiger partial charge in [-0.2, -0.15) is 0 Å². The maximum atomic E-state index is 12.3. The Morgan fingerprint density at radius 3 is 2.43 bits per heavy atom. The maximum absolute atomic E-state index is 12.3. The third-order valence-corrected chi connectivity index (χ3v) is 4.53. The first kappa shape index (κ1) is 15.3. The van der Waals surface area contributed by atoms with Crippen molar-refractivity contribution < 1.29 is 14.7 Å². The largest absolute Gasteiger partial charge is 0.478 e. The number of benzene rings is 1. The molecule has 0 aliphatic rings. The SMILES string of the molecule is CC(c1cccs1)N(C)C(=O)Cc1ccc(C(=O)O)cc1. The van der Waals surface area contributed by atoms with Crippen LogP contribution in [-0.4, -0.2) is 28.9 Å². The van der Waals surface area contributed by atoms with Gasteiger partial charge < -0.3 is 10.0 Å². The number of hydrogen-bond acceptors (Lipinski definition) is 3. The molecule has 2 rings (SSSR count). The lowest BCUT2D eigenvalue weighted by Gasteiger charge is -2.24. The summed E-state index contributed by atoms with van der Waals surface area (Å²) < 4.78 is 0. The highest BCUT2D eigenvalue weighted by molar-refractivity contribution is 7.10. The summed E-state index contributed by atoms with van der Waals surface area (Å²) >= 11 is 1.63. The second kappa shape index (κ2) is 6.54. The standard InChI is InChI=1S/C16H17NO3S/c1-11(14-4-3-9-21-14)17(2)15(18)10-12-5-7-13(8-6-12)16(19)20/h3-9,11H,10H2,1-2H3,(H,19,20). The molecule has 1 heterocycles. The number of thiophene rings is 1. The van der Waals surface area contributed by atoms with Crippen molar-refractivity contribution in [3.05, 3.63) is 57.8 Å². The Hall–Kier alpha value is -2.14. The number of carboxylic acids is 1. The Balaban J connectivity index is 2.02. The van der Waals surface area contributed by atoms with Gasteiger partial charge in [0.05, 0.1) is 18.0 Å². The fraction of sp³-hybridized carbons (Fsp3) is 0.250. The van der Waals surface area contributed by atoms with Crippen LogP contribution in [0.3, 0.4) is 0 Å². The molecule has 1 aromatic heterocycles. The molecule has 1 unspecified atom stereocenters.